The van der Waals surface area contributed by atoms with E-state index in [0.717, 1.165) is 5.32 Å². The summed E-state index contributed by atoms with van der Waals surface area (Å²) in [4.78, 5) is 11.3. The summed E-state index contributed by atoms with van der Waals surface area (Å²) in [7, 11) is 0. The first-order chi connectivity index (χ1) is 14.5. The highest BCUT2D eigenvalue weighted by Crippen LogP contribution is 2.62. The number of rotatable bonds is 10. The molecule has 1 rings (SSSR count). The van der Waals surface area contributed by atoms with Crippen molar-refractivity contribution in [1.82, 2.24) is 5.32 Å². The molecule has 0 spiro atoms. The molecule has 0 radical (unpaired) electrons. The summed E-state index contributed by atoms with van der Waals surface area (Å²) in [5.41, 5.74) is 0.286. The number of amides is 1. The number of carbonyl (C=O) groups excluding carboxylic acids is 1. The minimum absolute atomic E-state index is 0.286. The molecular formula is C16H10ClF14NO. The Hall–Kier alpha value is -2.00. The summed E-state index contributed by atoms with van der Waals surface area (Å²) in [6.07, 6.45) is -0.379. The average Bonchev–Trinajstić information content (AvgIpc) is 2.66. The van der Waals surface area contributed by atoms with E-state index in [1.54, 1.807) is 0 Å². The number of nitrogens with one attached hydrogen (secondary N) is 1. The van der Waals surface area contributed by atoms with Crippen LogP contribution >= 0.6 is 11.6 Å². The predicted molar refractivity (Wildman–Crippen MR) is 83.6 cm³/mol. The van der Waals surface area contributed by atoms with Crippen molar-refractivity contribution < 1.29 is 66.3 Å². The van der Waals surface area contributed by atoms with Gasteiger partial charge in [0.1, 0.15) is 0 Å². The standard InChI is InChI=1S/C16H10ClF14NO/c17-16(30,31)15(28,29)14(26,27)13(24,25)12(22,23)11(20,21)10(18,19)9(33)32-7-6-8-4-2-1-3-5-8/h1-5H,6-7H2,(H,32,33). The molecule has 0 unspecified atom stereocenters. The second-order valence-electron chi connectivity index (χ2n) is 6.44. The zero-order valence-corrected chi connectivity index (χ0v) is 16.1. The molecule has 0 saturated carbocycles. The molecule has 190 valence electrons. The van der Waals surface area contributed by atoms with Crippen molar-refractivity contribution in [3.63, 3.8) is 0 Å². The Kier molecular flexibility index (Phi) is 7.61. The van der Waals surface area contributed by atoms with E-state index in [0.29, 0.717) is 0 Å². The zero-order valence-electron chi connectivity index (χ0n) is 15.4. The third-order valence-electron chi connectivity index (χ3n) is 4.15. The van der Waals surface area contributed by atoms with Crippen molar-refractivity contribution in [2.45, 2.75) is 47.3 Å². The quantitative estimate of drug-likeness (QED) is 0.291. The maximum Gasteiger partial charge on any atom is 0.393 e. The molecule has 1 N–H and O–H groups in total. The van der Waals surface area contributed by atoms with Gasteiger partial charge in [-0.1, -0.05) is 30.3 Å². The maximum atomic E-state index is 13.7. The van der Waals surface area contributed by atoms with Gasteiger partial charge in [0, 0.05) is 6.54 Å². The molecular weight excluding hydrogens is 524 g/mol. The largest absolute Gasteiger partial charge is 0.393 e. The van der Waals surface area contributed by atoms with E-state index in [-0.39, 0.29) is 12.0 Å². The Morgan fingerprint density at radius 1 is 0.667 bits per heavy atom. The molecule has 0 bridgehead atoms. The van der Waals surface area contributed by atoms with Crippen LogP contribution in [0.4, 0.5) is 61.5 Å². The lowest BCUT2D eigenvalue weighted by Gasteiger charge is -2.41. The third-order valence-corrected chi connectivity index (χ3v) is 4.39. The van der Waals surface area contributed by atoms with Gasteiger partial charge in [0.05, 0.1) is 0 Å². The molecule has 0 aliphatic heterocycles. The number of benzene rings is 1. The summed E-state index contributed by atoms with van der Waals surface area (Å²) < 4.78 is 186. The van der Waals surface area contributed by atoms with Crippen LogP contribution < -0.4 is 5.32 Å². The van der Waals surface area contributed by atoms with Crippen molar-refractivity contribution >= 4 is 17.5 Å². The number of hydrogen-bond donors (Lipinski definition) is 1. The fraction of sp³-hybridized carbons (Fsp3) is 0.562. The molecule has 0 aromatic heterocycles. The molecule has 0 saturated heterocycles. The fourth-order valence-corrected chi connectivity index (χ4v) is 2.30. The summed E-state index contributed by atoms with van der Waals surface area (Å²) in [5, 5.41) is -5.74. The minimum Gasteiger partial charge on any atom is -0.350 e. The number of carbonyl (C=O) groups is 1. The minimum atomic E-state index is -8.26. The van der Waals surface area contributed by atoms with Gasteiger partial charge in [-0.2, -0.15) is 61.5 Å². The van der Waals surface area contributed by atoms with Gasteiger partial charge in [-0.15, -0.1) is 0 Å². The molecule has 0 heterocycles. The lowest BCUT2D eigenvalue weighted by molar-refractivity contribution is -0.431. The van der Waals surface area contributed by atoms with Gasteiger partial charge in [-0.25, -0.2) is 0 Å². The Morgan fingerprint density at radius 2 is 1.06 bits per heavy atom. The van der Waals surface area contributed by atoms with Crippen molar-refractivity contribution in [3.8, 4) is 0 Å². The Labute approximate surface area is 179 Å². The van der Waals surface area contributed by atoms with E-state index in [1.807, 2.05) is 0 Å². The first kappa shape index (κ1) is 29.0. The van der Waals surface area contributed by atoms with E-state index < -0.39 is 53.4 Å². The molecule has 1 amide bonds. The monoisotopic (exact) mass is 533 g/mol. The lowest BCUT2D eigenvalue weighted by atomic mass is 9.91. The Balaban J connectivity index is 3.26. The SMILES string of the molecule is O=C(NCCc1ccccc1)C(F)(F)C(F)(F)C(F)(F)C(F)(F)C(F)(F)C(F)(F)C(F)(F)Cl. The molecule has 2 nitrogen and oxygen atoms in total. The van der Waals surface area contributed by atoms with Crippen LogP contribution in [0.3, 0.4) is 0 Å². The van der Waals surface area contributed by atoms with Crippen LogP contribution in [0.25, 0.3) is 0 Å². The summed E-state index contributed by atoms with van der Waals surface area (Å²) in [6, 6.07) is 6.97. The predicted octanol–water partition coefficient (Wildman–Crippen LogP) is 5.99. The van der Waals surface area contributed by atoms with Crippen LogP contribution in [0.1, 0.15) is 5.56 Å². The number of alkyl halides is 15. The second-order valence-corrected chi connectivity index (χ2v) is 6.91. The smallest absolute Gasteiger partial charge is 0.350 e. The maximum absolute atomic E-state index is 13.7. The van der Waals surface area contributed by atoms with Gasteiger partial charge in [0.2, 0.25) is 0 Å². The van der Waals surface area contributed by atoms with Crippen molar-refractivity contribution in [1.29, 1.82) is 0 Å². The van der Waals surface area contributed by atoms with Gasteiger partial charge in [-0.3, -0.25) is 4.79 Å². The highest BCUT2D eigenvalue weighted by molar-refractivity contribution is 6.22. The van der Waals surface area contributed by atoms with Crippen LogP contribution in [0.5, 0.6) is 0 Å². The molecule has 0 aliphatic carbocycles. The normalized spacial score (nSPS) is 14.9. The van der Waals surface area contributed by atoms with Gasteiger partial charge in [0.25, 0.3) is 5.91 Å². The van der Waals surface area contributed by atoms with E-state index in [1.165, 1.54) is 30.3 Å². The molecule has 33 heavy (non-hydrogen) atoms. The topological polar surface area (TPSA) is 29.1 Å². The van der Waals surface area contributed by atoms with Gasteiger partial charge < -0.3 is 5.32 Å². The zero-order chi connectivity index (χ0) is 26.3. The number of hydrogen-bond acceptors (Lipinski definition) is 1. The van der Waals surface area contributed by atoms with Gasteiger partial charge in [-0.05, 0) is 23.6 Å². The molecule has 17 heteroatoms. The van der Waals surface area contributed by atoms with E-state index in [9.17, 15) is 66.3 Å². The van der Waals surface area contributed by atoms with E-state index >= 15 is 0 Å². The van der Waals surface area contributed by atoms with Gasteiger partial charge in [0.15, 0.2) is 0 Å². The van der Waals surface area contributed by atoms with Crippen molar-refractivity contribution in [2.24, 2.45) is 0 Å². The molecule has 1 aromatic rings. The van der Waals surface area contributed by atoms with Crippen molar-refractivity contribution in [2.75, 3.05) is 6.54 Å². The van der Waals surface area contributed by atoms with Gasteiger partial charge >= 0.3 is 40.9 Å². The Morgan fingerprint density at radius 3 is 1.48 bits per heavy atom. The molecule has 0 fully saturated rings. The van der Waals surface area contributed by atoms with Crippen LogP contribution in [-0.4, -0.2) is 53.4 Å². The van der Waals surface area contributed by atoms with Crippen LogP contribution in [0.15, 0.2) is 30.3 Å². The van der Waals surface area contributed by atoms with E-state index in [4.69, 9.17) is 0 Å². The first-order valence-corrected chi connectivity index (χ1v) is 8.53. The lowest BCUT2D eigenvalue weighted by Crippen LogP contribution is -2.73. The molecule has 0 atom stereocenters. The van der Waals surface area contributed by atoms with Crippen LogP contribution in [-0.2, 0) is 11.2 Å². The van der Waals surface area contributed by atoms with E-state index in [2.05, 4.69) is 11.6 Å². The summed E-state index contributed by atoms with van der Waals surface area (Å²) in [6.45, 7) is -0.969. The third kappa shape index (κ3) is 4.54. The first-order valence-electron chi connectivity index (χ1n) is 8.16. The summed E-state index contributed by atoms with van der Waals surface area (Å²) in [5.74, 6) is -50.2. The number of halogens is 15. The van der Waals surface area contributed by atoms with Crippen molar-refractivity contribution in [3.05, 3.63) is 35.9 Å². The molecule has 0 aliphatic rings. The summed E-state index contributed by atoms with van der Waals surface area (Å²) >= 11 is 3.49. The van der Waals surface area contributed by atoms with Crippen LogP contribution in [0, 0.1) is 0 Å². The Bertz CT molecular complexity index is 837. The average molecular weight is 534 g/mol. The second kappa shape index (κ2) is 8.65. The fourth-order valence-electron chi connectivity index (χ4n) is 2.19. The molecule has 1 aromatic carbocycles. The highest BCUT2D eigenvalue weighted by atomic mass is 35.5. The van der Waals surface area contributed by atoms with Crippen LogP contribution in [0.2, 0.25) is 0 Å². The highest BCUT2D eigenvalue weighted by Gasteiger charge is 2.93.